The molecule has 1 heterocycles. The molecule has 0 atom stereocenters. The molecule has 2 aromatic carbocycles. The standard InChI is InChI=1S/C23H29N3O4S/c1-17-6-12-21(24-18(2)27)22(16-17)25-23(28)13-9-19-7-10-20(11-8-19)31(29,30)26-14-4-3-5-15-26/h6-8,10-12,16H,3-5,9,13-15H2,1-2H3,(H,24,27)(H,25,28). The van der Waals surface area contributed by atoms with Gasteiger partial charge in [0, 0.05) is 26.4 Å². The van der Waals surface area contributed by atoms with Crippen molar-refractivity contribution in [3.8, 4) is 0 Å². The van der Waals surface area contributed by atoms with E-state index in [2.05, 4.69) is 10.6 Å². The third kappa shape index (κ3) is 6.15. The molecule has 3 rings (SSSR count). The summed E-state index contributed by atoms with van der Waals surface area (Å²) in [4.78, 5) is 24.1. The summed E-state index contributed by atoms with van der Waals surface area (Å²) in [5.74, 6) is -0.388. The van der Waals surface area contributed by atoms with Gasteiger partial charge in [0.15, 0.2) is 0 Å². The molecule has 1 aliphatic rings. The Kier molecular flexibility index (Phi) is 7.46. The third-order valence-electron chi connectivity index (χ3n) is 5.28. The molecule has 7 nitrogen and oxygen atoms in total. The quantitative estimate of drug-likeness (QED) is 0.682. The molecular weight excluding hydrogens is 414 g/mol. The van der Waals surface area contributed by atoms with Gasteiger partial charge in [0.25, 0.3) is 0 Å². The highest BCUT2D eigenvalue weighted by Crippen LogP contribution is 2.24. The second-order valence-electron chi connectivity index (χ2n) is 7.89. The lowest BCUT2D eigenvalue weighted by Crippen LogP contribution is -2.35. The van der Waals surface area contributed by atoms with Gasteiger partial charge >= 0.3 is 0 Å². The zero-order valence-corrected chi connectivity index (χ0v) is 18.8. The van der Waals surface area contributed by atoms with Crippen LogP contribution in [0.2, 0.25) is 0 Å². The second-order valence-corrected chi connectivity index (χ2v) is 9.83. The first-order valence-corrected chi connectivity index (χ1v) is 12.0. The molecule has 0 spiro atoms. The maximum Gasteiger partial charge on any atom is 0.243 e. The van der Waals surface area contributed by atoms with E-state index < -0.39 is 10.0 Å². The molecular formula is C23H29N3O4S. The molecule has 0 radical (unpaired) electrons. The normalized spacial score (nSPS) is 14.8. The van der Waals surface area contributed by atoms with E-state index in [9.17, 15) is 18.0 Å². The monoisotopic (exact) mass is 443 g/mol. The van der Waals surface area contributed by atoms with E-state index in [1.54, 1.807) is 34.6 Å². The van der Waals surface area contributed by atoms with Crippen molar-refractivity contribution in [3.05, 3.63) is 53.6 Å². The van der Waals surface area contributed by atoms with E-state index in [-0.39, 0.29) is 18.2 Å². The van der Waals surface area contributed by atoms with Gasteiger partial charge in [0.05, 0.1) is 16.3 Å². The molecule has 2 aromatic rings. The van der Waals surface area contributed by atoms with Crippen LogP contribution in [0.15, 0.2) is 47.4 Å². The minimum atomic E-state index is -3.45. The van der Waals surface area contributed by atoms with Gasteiger partial charge in [-0.1, -0.05) is 24.6 Å². The number of hydrogen-bond acceptors (Lipinski definition) is 4. The van der Waals surface area contributed by atoms with E-state index in [1.807, 2.05) is 19.1 Å². The van der Waals surface area contributed by atoms with Crippen molar-refractivity contribution in [3.63, 3.8) is 0 Å². The summed E-state index contributed by atoms with van der Waals surface area (Å²) < 4.78 is 27.0. The predicted molar refractivity (Wildman–Crippen MR) is 121 cm³/mol. The van der Waals surface area contributed by atoms with E-state index in [1.165, 1.54) is 6.92 Å². The Morgan fingerprint density at radius 1 is 0.935 bits per heavy atom. The molecule has 0 aliphatic carbocycles. The summed E-state index contributed by atoms with van der Waals surface area (Å²) in [6, 6.07) is 12.2. The number of hydrogen-bond donors (Lipinski definition) is 2. The number of amides is 2. The average Bonchev–Trinajstić information content (AvgIpc) is 2.75. The van der Waals surface area contributed by atoms with Gasteiger partial charge in [0.2, 0.25) is 21.8 Å². The van der Waals surface area contributed by atoms with Crippen LogP contribution >= 0.6 is 0 Å². The number of benzene rings is 2. The molecule has 0 saturated carbocycles. The summed E-state index contributed by atoms with van der Waals surface area (Å²) in [6.07, 6.45) is 3.60. The van der Waals surface area contributed by atoms with Crippen molar-refractivity contribution in [2.24, 2.45) is 0 Å². The number of rotatable bonds is 7. The van der Waals surface area contributed by atoms with Crippen LogP contribution in [0.3, 0.4) is 0 Å². The first kappa shape index (κ1) is 23.0. The molecule has 0 aromatic heterocycles. The number of carbonyl (C=O) groups excluding carboxylic acids is 2. The SMILES string of the molecule is CC(=O)Nc1ccc(C)cc1NC(=O)CCc1ccc(S(=O)(=O)N2CCCCC2)cc1. The number of anilines is 2. The molecule has 1 saturated heterocycles. The molecule has 1 aliphatic heterocycles. The van der Waals surface area contributed by atoms with Crippen molar-refractivity contribution in [1.82, 2.24) is 4.31 Å². The number of nitrogens with one attached hydrogen (secondary N) is 2. The molecule has 166 valence electrons. The lowest BCUT2D eigenvalue weighted by Gasteiger charge is -2.25. The highest BCUT2D eigenvalue weighted by atomic mass is 32.2. The van der Waals surface area contributed by atoms with Gasteiger partial charge < -0.3 is 10.6 Å². The van der Waals surface area contributed by atoms with Crippen LogP contribution < -0.4 is 10.6 Å². The fourth-order valence-corrected chi connectivity index (χ4v) is 5.13. The minimum absolute atomic E-state index is 0.179. The summed E-state index contributed by atoms with van der Waals surface area (Å²) in [7, 11) is -3.45. The third-order valence-corrected chi connectivity index (χ3v) is 7.19. The topological polar surface area (TPSA) is 95.6 Å². The van der Waals surface area contributed by atoms with Gasteiger partial charge in [-0.25, -0.2) is 8.42 Å². The van der Waals surface area contributed by atoms with Crippen LogP contribution in [-0.4, -0.2) is 37.6 Å². The smallest absolute Gasteiger partial charge is 0.243 e. The lowest BCUT2D eigenvalue weighted by molar-refractivity contribution is -0.116. The first-order chi connectivity index (χ1) is 14.8. The Bertz CT molecular complexity index is 1040. The van der Waals surface area contributed by atoms with Crippen molar-refractivity contribution in [1.29, 1.82) is 0 Å². The fourth-order valence-electron chi connectivity index (χ4n) is 3.61. The summed E-state index contributed by atoms with van der Waals surface area (Å²) in [5.41, 5.74) is 2.97. The van der Waals surface area contributed by atoms with Gasteiger partial charge in [-0.2, -0.15) is 4.31 Å². The lowest BCUT2D eigenvalue weighted by atomic mass is 10.1. The minimum Gasteiger partial charge on any atom is -0.325 e. The second kappa shape index (κ2) is 10.1. The molecule has 2 N–H and O–H groups in total. The highest BCUT2D eigenvalue weighted by molar-refractivity contribution is 7.89. The highest BCUT2D eigenvalue weighted by Gasteiger charge is 2.25. The Morgan fingerprint density at radius 2 is 1.61 bits per heavy atom. The van der Waals surface area contributed by atoms with Crippen molar-refractivity contribution in [2.75, 3.05) is 23.7 Å². The van der Waals surface area contributed by atoms with Crippen LogP contribution in [0, 0.1) is 6.92 Å². The maximum absolute atomic E-state index is 12.7. The summed E-state index contributed by atoms with van der Waals surface area (Å²) >= 11 is 0. The largest absolute Gasteiger partial charge is 0.325 e. The summed E-state index contributed by atoms with van der Waals surface area (Å²) in [5, 5.41) is 5.56. The van der Waals surface area contributed by atoms with E-state index in [0.29, 0.717) is 35.8 Å². The number of sulfonamides is 1. The van der Waals surface area contributed by atoms with Crippen LogP contribution in [-0.2, 0) is 26.0 Å². The van der Waals surface area contributed by atoms with Crippen molar-refractivity contribution in [2.45, 2.75) is 50.8 Å². The molecule has 2 amide bonds. The molecule has 8 heteroatoms. The zero-order valence-electron chi connectivity index (χ0n) is 18.0. The maximum atomic E-state index is 12.7. The number of nitrogens with zero attached hydrogens (tertiary/aromatic N) is 1. The van der Waals surface area contributed by atoms with Gasteiger partial charge in [-0.05, 0) is 61.6 Å². The van der Waals surface area contributed by atoms with Gasteiger partial charge in [-0.3, -0.25) is 9.59 Å². The van der Waals surface area contributed by atoms with Crippen LogP contribution in [0.1, 0.15) is 43.7 Å². The van der Waals surface area contributed by atoms with E-state index in [0.717, 1.165) is 30.4 Å². The number of aryl methyl sites for hydroxylation is 2. The van der Waals surface area contributed by atoms with Crippen LogP contribution in [0.4, 0.5) is 11.4 Å². The molecule has 0 bridgehead atoms. The first-order valence-electron chi connectivity index (χ1n) is 10.5. The number of piperidine rings is 1. The zero-order chi connectivity index (χ0) is 22.4. The van der Waals surface area contributed by atoms with Crippen molar-refractivity contribution >= 4 is 33.2 Å². The molecule has 1 fully saturated rings. The fraction of sp³-hybridized carbons (Fsp3) is 0.391. The summed E-state index contributed by atoms with van der Waals surface area (Å²) in [6.45, 7) is 4.47. The van der Waals surface area contributed by atoms with E-state index >= 15 is 0 Å². The van der Waals surface area contributed by atoms with Gasteiger partial charge in [0.1, 0.15) is 0 Å². The Balaban J connectivity index is 1.60. The Hall–Kier alpha value is -2.71. The van der Waals surface area contributed by atoms with Crippen molar-refractivity contribution < 1.29 is 18.0 Å². The Morgan fingerprint density at radius 3 is 2.26 bits per heavy atom. The molecule has 31 heavy (non-hydrogen) atoms. The predicted octanol–water partition coefficient (Wildman–Crippen LogP) is 3.70. The van der Waals surface area contributed by atoms with Gasteiger partial charge in [-0.15, -0.1) is 0 Å². The number of carbonyl (C=O) groups is 2. The van der Waals surface area contributed by atoms with Crippen LogP contribution in [0.25, 0.3) is 0 Å². The van der Waals surface area contributed by atoms with E-state index in [4.69, 9.17) is 0 Å². The molecule has 0 unspecified atom stereocenters. The average molecular weight is 444 g/mol. The Labute approximate surface area is 183 Å². The van der Waals surface area contributed by atoms with Crippen LogP contribution in [0.5, 0.6) is 0 Å².